The zero-order valence-electron chi connectivity index (χ0n) is 14.2. The van der Waals surface area contributed by atoms with Gasteiger partial charge in [0, 0.05) is 29.5 Å². The standard InChI is InChI=1S/C21H18N4O/c26-21(24-17-7-5-10-22-13-17)12-16-14-25(15-18-6-3-4-11-23-18)20-9-2-1-8-19(16)20/h1-11,13-14H,12,15H2,(H,24,26). The SMILES string of the molecule is O=C(Cc1cn(Cc2ccccn2)c2ccccc12)Nc1cccnc1. The van der Waals surface area contributed by atoms with Gasteiger partial charge in [-0.3, -0.25) is 14.8 Å². The summed E-state index contributed by atoms with van der Waals surface area (Å²) in [4.78, 5) is 20.9. The first-order valence-electron chi connectivity index (χ1n) is 8.46. The summed E-state index contributed by atoms with van der Waals surface area (Å²) in [6.07, 6.45) is 7.47. The summed E-state index contributed by atoms with van der Waals surface area (Å²) in [7, 11) is 0. The van der Waals surface area contributed by atoms with Crippen molar-refractivity contribution < 1.29 is 4.79 Å². The number of benzene rings is 1. The van der Waals surface area contributed by atoms with Crippen molar-refractivity contribution in [2.75, 3.05) is 5.32 Å². The van der Waals surface area contributed by atoms with E-state index in [0.29, 0.717) is 18.7 Å². The number of nitrogens with one attached hydrogen (secondary N) is 1. The number of hydrogen-bond donors (Lipinski definition) is 1. The summed E-state index contributed by atoms with van der Waals surface area (Å²) in [6, 6.07) is 17.7. The van der Waals surface area contributed by atoms with Crippen LogP contribution in [0.1, 0.15) is 11.3 Å². The van der Waals surface area contributed by atoms with Gasteiger partial charge >= 0.3 is 0 Å². The molecule has 0 atom stereocenters. The lowest BCUT2D eigenvalue weighted by molar-refractivity contribution is -0.115. The van der Waals surface area contributed by atoms with Crippen LogP contribution in [0.5, 0.6) is 0 Å². The molecule has 0 saturated heterocycles. The molecule has 0 bridgehead atoms. The van der Waals surface area contributed by atoms with Gasteiger partial charge < -0.3 is 9.88 Å². The number of aromatic nitrogens is 3. The average molecular weight is 342 g/mol. The minimum absolute atomic E-state index is 0.0567. The fourth-order valence-corrected chi connectivity index (χ4v) is 3.08. The van der Waals surface area contributed by atoms with Crippen LogP contribution in [0, 0.1) is 0 Å². The molecule has 4 rings (SSSR count). The van der Waals surface area contributed by atoms with Crippen LogP contribution < -0.4 is 5.32 Å². The average Bonchev–Trinajstić information content (AvgIpc) is 3.01. The molecule has 1 N–H and O–H groups in total. The highest BCUT2D eigenvalue weighted by Crippen LogP contribution is 2.23. The lowest BCUT2D eigenvalue weighted by atomic mass is 10.1. The Labute approximate surface area is 151 Å². The number of pyridine rings is 2. The van der Waals surface area contributed by atoms with E-state index >= 15 is 0 Å². The van der Waals surface area contributed by atoms with Crippen molar-refractivity contribution in [2.45, 2.75) is 13.0 Å². The van der Waals surface area contributed by atoms with Crippen LogP contribution in [0.2, 0.25) is 0 Å². The van der Waals surface area contributed by atoms with Crippen molar-refractivity contribution in [3.8, 4) is 0 Å². The molecule has 0 unspecified atom stereocenters. The fourth-order valence-electron chi connectivity index (χ4n) is 3.08. The highest BCUT2D eigenvalue weighted by Gasteiger charge is 2.12. The fraction of sp³-hybridized carbons (Fsp3) is 0.0952. The summed E-state index contributed by atoms with van der Waals surface area (Å²) < 4.78 is 2.14. The van der Waals surface area contributed by atoms with Gasteiger partial charge in [0.25, 0.3) is 0 Å². The van der Waals surface area contributed by atoms with E-state index in [4.69, 9.17) is 0 Å². The second-order valence-electron chi connectivity index (χ2n) is 6.09. The highest BCUT2D eigenvalue weighted by atomic mass is 16.1. The molecule has 0 aliphatic carbocycles. The third kappa shape index (κ3) is 3.47. The summed E-state index contributed by atoms with van der Waals surface area (Å²) in [5.41, 5.74) is 3.79. The minimum atomic E-state index is -0.0567. The molecule has 0 saturated carbocycles. The van der Waals surface area contributed by atoms with E-state index in [-0.39, 0.29) is 5.91 Å². The molecular formula is C21H18N4O. The highest BCUT2D eigenvalue weighted by molar-refractivity contribution is 5.95. The lowest BCUT2D eigenvalue weighted by Gasteiger charge is -2.04. The van der Waals surface area contributed by atoms with E-state index in [1.165, 1.54) is 0 Å². The van der Waals surface area contributed by atoms with Gasteiger partial charge in [0.1, 0.15) is 0 Å². The van der Waals surface area contributed by atoms with Crippen molar-refractivity contribution in [3.63, 3.8) is 0 Å². The van der Waals surface area contributed by atoms with Gasteiger partial charge in [-0.1, -0.05) is 24.3 Å². The maximum atomic E-state index is 12.4. The van der Waals surface area contributed by atoms with Crippen molar-refractivity contribution in [1.29, 1.82) is 0 Å². The molecule has 0 radical (unpaired) electrons. The molecule has 26 heavy (non-hydrogen) atoms. The van der Waals surface area contributed by atoms with Crippen molar-refractivity contribution in [3.05, 3.63) is 90.6 Å². The monoisotopic (exact) mass is 342 g/mol. The first-order valence-corrected chi connectivity index (χ1v) is 8.46. The summed E-state index contributed by atoms with van der Waals surface area (Å²) in [5.74, 6) is -0.0567. The van der Waals surface area contributed by atoms with Crippen molar-refractivity contribution in [1.82, 2.24) is 14.5 Å². The van der Waals surface area contributed by atoms with Crippen LogP contribution in [-0.2, 0) is 17.8 Å². The maximum Gasteiger partial charge on any atom is 0.228 e. The van der Waals surface area contributed by atoms with Crippen molar-refractivity contribution in [2.24, 2.45) is 0 Å². The van der Waals surface area contributed by atoms with Crippen LogP contribution in [0.15, 0.2) is 79.4 Å². The Bertz CT molecular complexity index is 1030. The Morgan fingerprint density at radius 2 is 1.88 bits per heavy atom. The number of fused-ring (bicyclic) bond motifs is 1. The Hall–Kier alpha value is -3.47. The number of nitrogens with zero attached hydrogens (tertiary/aromatic N) is 3. The molecule has 3 heterocycles. The molecule has 128 valence electrons. The Balaban J connectivity index is 1.60. The van der Waals surface area contributed by atoms with E-state index in [1.807, 2.05) is 42.6 Å². The molecular weight excluding hydrogens is 324 g/mol. The number of carbonyl (C=O) groups is 1. The van der Waals surface area contributed by atoms with Crippen LogP contribution >= 0.6 is 0 Å². The van der Waals surface area contributed by atoms with E-state index in [1.54, 1.807) is 24.7 Å². The Morgan fingerprint density at radius 1 is 1.00 bits per heavy atom. The zero-order valence-corrected chi connectivity index (χ0v) is 14.2. The molecule has 3 aromatic heterocycles. The maximum absolute atomic E-state index is 12.4. The minimum Gasteiger partial charge on any atom is -0.341 e. The topological polar surface area (TPSA) is 59.8 Å². The molecule has 0 aliphatic rings. The normalized spacial score (nSPS) is 10.8. The third-order valence-corrected chi connectivity index (χ3v) is 4.23. The second kappa shape index (κ2) is 7.19. The van der Waals surface area contributed by atoms with Gasteiger partial charge in [0.15, 0.2) is 0 Å². The molecule has 4 aromatic rings. The smallest absolute Gasteiger partial charge is 0.228 e. The Kier molecular flexibility index (Phi) is 4.43. The summed E-state index contributed by atoms with van der Waals surface area (Å²) >= 11 is 0. The summed E-state index contributed by atoms with van der Waals surface area (Å²) in [6.45, 7) is 0.672. The summed E-state index contributed by atoms with van der Waals surface area (Å²) in [5, 5.41) is 3.98. The number of anilines is 1. The quantitative estimate of drug-likeness (QED) is 0.602. The van der Waals surface area contributed by atoms with Gasteiger partial charge in [-0.15, -0.1) is 0 Å². The number of rotatable bonds is 5. The van der Waals surface area contributed by atoms with Gasteiger partial charge in [0.2, 0.25) is 5.91 Å². The van der Waals surface area contributed by atoms with Crippen LogP contribution in [-0.4, -0.2) is 20.4 Å². The molecule has 0 aliphatic heterocycles. The molecule has 1 aromatic carbocycles. The Morgan fingerprint density at radius 3 is 2.69 bits per heavy atom. The van der Waals surface area contributed by atoms with E-state index in [2.05, 4.69) is 32.0 Å². The molecule has 1 amide bonds. The molecule has 5 nitrogen and oxygen atoms in total. The lowest BCUT2D eigenvalue weighted by Crippen LogP contribution is -2.14. The number of para-hydroxylation sites is 1. The number of amides is 1. The largest absolute Gasteiger partial charge is 0.341 e. The predicted molar refractivity (Wildman–Crippen MR) is 102 cm³/mol. The predicted octanol–water partition coefficient (Wildman–Crippen LogP) is 3.66. The van der Waals surface area contributed by atoms with Crippen LogP contribution in [0.25, 0.3) is 10.9 Å². The third-order valence-electron chi connectivity index (χ3n) is 4.23. The van der Waals surface area contributed by atoms with Crippen LogP contribution in [0.4, 0.5) is 5.69 Å². The number of carbonyl (C=O) groups excluding carboxylic acids is 1. The van der Waals surface area contributed by atoms with Gasteiger partial charge in [0.05, 0.1) is 30.5 Å². The first-order chi connectivity index (χ1) is 12.8. The van der Waals surface area contributed by atoms with Gasteiger partial charge in [-0.25, -0.2) is 0 Å². The molecule has 0 fully saturated rings. The van der Waals surface area contributed by atoms with E-state index < -0.39 is 0 Å². The molecule has 0 spiro atoms. The van der Waals surface area contributed by atoms with E-state index in [9.17, 15) is 4.79 Å². The van der Waals surface area contributed by atoms with Gasteiger partial charge in [-0.2, -0.15) is 0 Å². The van der Waals surface area contributed by atoms with Gasteiger partial charge in [-0.05, 0) is 35.9 Å². The second-order valence-corrected chi connectivity index (χ2v) is 6.09. The first kappa shape index (κ1) is 16.0. The van der Waals surface area contributed by atoms with E-state index in [0.717, 1.165) is 22.2 Å². The zero-order chi connectivity index (χ0) is 17.8. The number of hydrogen-bond acceptors (Lipinski definition) is 3. The van der Waals surface area contributed by atoms with Crippen molar-refractivity contribution >= 4 is 22.5 Å². The molecule has 5 heteroatoms. The van der Waals surface area contributed by atoms with Crippen LogP contribution in [0.3, 0.4) is 0 Å².